The van der Waals surface area contributed by atoms with Gasteiger partial charge >= 0.3 is 0 Å². The molecule has 0 radical (unpaired) electrons. The standard InChI is InChI=1S/C45H40/c1-3-30(4-2)43-29-35(26-27-37(43)34-25-24-31-14-5-6-16-33(31)28-34)44-39-19-9-11-21-41(39)45(42-22-12-10-20-40(42)44)38-23-13-17-32-15-7-8-18-36(32)38/h5-30,32,36,39,41H,3-4H2,1-2H3. The fourth-order valence-electron chi connectivity index (χ4n) is 8.37. The van der Waals surface area contributed by atoms with E-state index in [2.05, 4.69) is 166 Å². The van der Waals surface area contributed by atoms with Crippen molar-refractivity contribution in [2.45, 2.75) is 32.6 Å². The van der Waals surface area contributed by atoms with Crippen LogP contribution in [0.25, 0.3) is 33.0 Å². The van der Waals surface area contributed by atoms with Crippen LogP contribution in [0.4, 0.5) is 0 Å². The third kappa shape index (κ3) is 4.75. The molecule has 0 saturated heterocycles. The van der Waals surface area contributed by atoms with E-state index < -0.39 is 0 Å². The second kappa shape index (κ2) is 11.7. The van der Waals surface area contributed by atoms with Crippen molar-refractivity contribution >= 4 is 21.9 Å². The first-order valence-electron chi connectivity index (χ1n) is 16.8. The summed E-state index contributed by atoms with van der Waals surface area (Å²) < 4.78 is 0. The first-order valence-corrected chi connectivity index (χ1v) is 16.8. The van der Waals surface area contributed by atoms with Crippen LogP contribution in [0.15, 0.2) is 157 Å². The SMILES string of the molecule is CCC(CC)c1cc(C2=c3ccccc3=C(C3=CC=CC4C=CC=CC34)C3C=CC=CC23)ccc1-c1ccc2ccccc2c1. The molecule has 4 aliphatic carbocycles. The van der Waals surface area contributed by atoms with Crippen molar-refractivity contribution in [1.82, 2.24) is 0 Å². The fraction of sp³-hybridized carbons (Fsp3) is 0.200. The summed E-state index contributed by atoms with van der Waals surface area (Å²) >= 11 is 0. The van der Waals surface area contributed by atoms with Gasteiger partial charge in [0, 0.05) is 23.7 Å². The van der Waals surface area contributed by atoms with E-state index in [1.165, 1.54) is 60.2 Å². The molecule has 0 heteroatoms. The molecule has 4 atom stereocenters. The van der Waals surface area contributed by atoms with Crippen LogP contribution in [0.2, 0.25) is 0 Å². The molecule has 0 N–H and O–H groups in total. The second-order valence-electron chi connectivity index (χ2n) is 13.0. The van der Waals surface area contributed by atoms with Crippen molar-refractivity contribution in [1.29, 1.82) is 0 Å². The molecular formula is C45H40. The van der Waals surface area contributed by atoms with Gasteiger partial charge in [0.15, 0.2) is 0 Å². The summed E-state index contributed by atoms with van der Waals surface area (Å²) in [5, 5.41) is 5.36. The largest absolute Gasteiger partial charge is 0.0767 e. The summed E-state index contributed by atoms with van der Waals surface area (Å²) in [5.74, 6) is 1.90. The summed E-state index contributed by atoms with van der Waals surface area (Å²) in [6.07, 6.45) is 27.9. The molecule has 8 rings (SSSR count). The Morgan fingerprint density at radius 2 is 1.16 bits per heavy atom. The van der Waals surface area contributed by atoms with Crippen molar-refractivity contribution in [2.75, 3.05) is 0 Å². The van der Waals surface area contributed by atoms with E-state index in [-0.39, 0.29) is 5.92 Å². The summed E-state index contributed by atoms with van der Waals surface area (Å²) in [4.78, 5) is 0. The lowest BCUT2D eigenvalue weighted by atomic mass is 9.66. The van der Waals surface area contributed by atoms with Crippen LogP contribution in [0, 0.1) is 23.7 Å². The number of allylic oxidation sites excluding steroid dienone is 12. The normalized spacial score (nSPS) is 22.9. The highest BCUT2D eigenvalue weighted by atomic mass is 14.4. The molecule has 0 saturated carbocycles. The molecule has 45 heavy (non-hydrogen) atoms. The molecule has 0 amide bonds. The lowest BCUT2D eigenvalue weighted by molar-refractivity contribution is 0.611. The maximum atomic E-state index is 2.55. The molecule has 0 nitrogen and oxygen atoms in total. The van der Waals surface area contributed by atoms with E-state index in [4.69, 9.17) is 0 Å². The average molecular weight is 581 g/mol. The quantitative estimate of drug-likeness (QED) is 0.213. The predicted octanol–water partition coefficient (Wildman–Crippen LogP) is 9.99. The highest BCUT2D eigenvalue weighted by Crippen LogP contribution is 2.46. The summed E-state index contributed by atoms with van der Waals surface area (Å²) in [6, 6.07) is 32.2. The van der Waals surface area contributed by atoms with Crippen molar-refractivity contribution < 1.29 is 0 Å². The smallest absolute Gasteiger partial charge is 0.0137 e. The Kier molecular flexibility index (Phi) is 7.22. The predicted molar refractivity (Wildman–Crippen MR) is 192 cm³/mol. The third-order valence-corrected chi connectivity index (χ3v) is 10.6. The first-order chi connectivity index (χ1) is 22.2. The molecular weight excluding hydrogens is 540 g/mol. The van der Waals surface area contributed by atoms with E-state index in [1.807, 2.05) is 0 Å². The van der Waals surface area contributed by atoms with Crippen molar-refractivity contribution in [3.63, 3.8) is 0 Å². The van der Waals surface area contributed by atoms with Crippen LogP contribution in [-0.2, 0) is 0 Å². The molecule has 0 aliphatic heterocycles. The van der Waals surface area contributed by atoms with Crippen LogP contribution in [0.3, 0.4) is 0 Å². The second-order valence-corrected chi connectivity index (χ2v) is 13.0. The number of rotatable bonds is 6. The highest BCUT2D eigenvalue weighted by molar-refractivity contribution is 5.89. The molecule has 4 aliphatic rings. The fourth-order valence-corrected chi connectivity index (χ4v) is 8.37. The monoisotopic (exact) mass is 580 g/mol. The maximum absolute atomic E-state index is 2.55. The number of benzene rings is 4. The highest BCUT2D eigenvalue weighted by Gasteiger charge is 2.36. The Bertz CT molecular complexity index is 2100. The Morgan fingerprint density at radius 3 is 1.93 bits per heavy atom. The Morgan fingerprint density at radius 1 is 0.533 bits per heavy atom. The van der Waals surface area contributed by atoms with Crippen LogP contribution >= 0.6 is 0 Å². The molecule has 0 spiro atoms. The van der Waals surface area contributed by atoms with Gasteiger partial charge in [-0.2, -0.15) is 0 Å². The van der Waals surface area contributed by atoms with E-state index >= 15 is 0 Å². The summed E-state index contributed by atoms with van der Waals surface area (Å²) in [5.41, 5.74) is 9.93. The van der Waals surface area contributed by atoms with Gasteiger partial charge in [-0.25, -0.2) is 0 Å². The average Bonchev–Trinajstić information content (AvgIpc) is 3.10. The third-order valence-electron chi connectivity index (χ3n) is 10.6. The molecule has 4 unspecified atom stereocenters. The van der Waals surface area contributed by atoms with E-state index in [0.717, 1.165) is 12.8 Å². The van der Waals surface area contributed by atoms with Gasteiger partial charge in [-0.15, -0.1) is 0 Å². The first kappa shape index (κ1) is 27.8. The van der Waals surface area contributed by atoms with Gasteiger partial charge in [0.2, 0.25) is 0 Å². The van der Waals surface area contributed by atoms with Crippen LogP contribution in [0.5, 0.6) is 0 Å². The van der Waals surface area contributed by atoms with Gasteiger partial charge in [-0.05, 0) is 85.0 Å². The van der Waals surface area contributed by atoms with E-state index in [9.17, 15) is 0 Å². The minimum atomic E-state index is 0.286. The zero-order valence-corrected chi connectivity index (χ0v) is 26.2. The molecule has 0 heterocycles. The molecule has 0 aromatic heterocycles. The Hall–Kier alpha value is -4.68. The lowest BCUT2D eigenvalue weighted by Crippen LogP contribution is -2.41. The molecule has 4 aromatic carbocycles. The van der Waals surface area contributed by atoms with E-state index in [0.29, 0.717) is 23.7 Å². The van der Waals surface area contributed by atoms with Gasteiger partial charge in [-0.1, -0.05) is 160 Å². The van der Waals surface area contributed by atoms with Crippen molar-refractivity contribution in [2.24, 2.45) is 23.7 Å². The molecule has 4 aromatic rings. The minimum absolute atomic E-state index is 0.286. The van der Waals surface area contributed by atoms with Gasteiger partial charge in [-0.3, -0.25) is 0 Å². The van der Waals surface area contributed by atoms with E-state index in [1.54, 1.807) is 0 Å². The lowest BCUT2D eigenvalue weighted by Gasteiger charge is -2.38. The molecule has 0 bridgehead atoms. The summed E-state index contributed by atoms with van der Waals surface area (Å²) in [7, 11) is 0. The van der Waals surface area contributed by atoms with Gasteiger partial charge in [0.1, 0.15) is 0 Å². The number of hydrogen-bond donors (Lipinski definition) is 0. The topological polar surface area (TPSA) is 0 Å². The zero-order valence-electron chi connectivity index (χ0n) is 26.2. The van der Waals surface area contributed by atoms with Crippen LogP contribution in [0.1, 0.15) is 43.7 Å². The van der Waals surface area contributed by atoms with Crippen molar-refractivity contribution in [3.8, 4) is 11.1 Å². The molecule has 220 valence electrons. The van der Waals surface area contributed by atoms with Crippen LogP contribution < -0.4 is 10.4 Å². The Labute approximate surface area is 267 Å². The minimum Gasteiger partial charge on any atom is -0.0767 e. The van der Waals surface area contributed by atoms with Gasteiger partial charge in [0.05, 0.1) is 0 Å². The van der Waals surface area contributed by atoms with Gasteiger partial charge < -0.3 is 0 Å². The number of fused-ring (bicyclic) bond motifs is 4. The zero-order chi connectivity index (χ0) is 30.3. The summed E-state index contributed by atoms with van der Waals surface area (Å²) in [6.45, 7) is 4.68. The molecule has 0 fully saturated rings. The van der Waals surface area contributed by atoms with Crippen molar-refractivity contribution in [3.05, 3.63) is 179 Å². The Balaban J connectivity index is 1.37. The number of hydrogen-bond acceptors (Lipinski definition) is 0. The maximum Gasteiger partial charge on any atom is 0.0137 e. The van der Waals surface area contributed by atoms with Gasteiger partial charge in [0.25, 0.3) is 0 Å². The van der Waals surface area contributed by atoms with Crippen LogP contribution in [-0.4, -0.2) is 0 Å².